The molecule has 4 aliphatic rings. The number of hydrogen-bond donors (Lipinski definition) is 0. The SMILES string of the molecule is C=C(C)CCCC1CCC2C3CCC4CCCCC4(C)C3CCC12C. The summed E-state index contributed by atoms with van der Waals surface area (Å²) in [5.74, 6) is 5.28. The monoisotopic (exact) mass is 342 g/mol. The van der Waals surface area contributed by atoms with E-state index in [1.807, 2.05) is 0 Å². The van der Waals surface area contributed by atoms with Gasteiger partial charge in [-0.05, 0) is 118 Å². The molecule has 0 saturated heterocycles. The Morgan fingerprint density at radius 2 is 1.68 bits per heavy atom. The zero-order chi connectivity index (χ0) is 17.7. The summed E-state index contributed by atoms with van der Waals surface area (Å²) in [6.07, 6.45) is 19.5. The number of hydrogen-bond acceptors (Lipinski definition) is 0. The van der Waals surface area contributed by atoms with Gasteiger partial charge in [0.2, 0.25) is 0 Å². The van der Waals surface area contributed by atoms with Gasteiger partial charge in [0.05, 0.1) is 0 Å². The molecule has 0 aliphatic heterocycles. The first-order valence-corrected chi connectivity index (χ1v) is 11.6. The molecule has 7 atom stereocenters. The average Bonchev–Trinajstić information content (AvgIpc) is 2.91. The molecular weight excluding hydrogens is 300 g/mol. The Morgan fingerprint density at radius 3 is 2.48 bits per heavy atom. The largest absolute Gasteiger partial charge is 0.100 e. The lowest BCUT2D eigenvalue weighted by atomic mass is 9.45. The van der Waals surface area contributed by atoms with E-state index in [-0.39, 0.29) is 0 Å². The van der Waals surface area contributed by atoms with Gasteiger partial charge >= 0.3 is 0 Å². The molecule has 0 heteroatoms. The highest BCUT2D eigenvalue weighted by Gasteiger charge is 2.59. The summed E-state index contributed by atoms with van der Waals surface area (Å²) < 4.78 is 0. The highest BCUT2D eigenvalue weighted by Crippen LogP contribution is 2.67. The predicted octanol–water partition coefficient (Wildman–Crippen LogP) is 7.78. The Morgan fingerprint density at radius 1 is 0.880 bits per heavy atom. The highest BCUT2D eigenvalue weighted by atomic mass is 14.6. The molecule has 4 aliphatic carbocycles. The molecule has 4 fully saturated rings. The van der Waals surface area contributed by atoms with Gasteiger partial charge in [-0.15, -0.1) is 6.58 Å². The maximum absolute atomic E-state index is 4.12. The molecule has 4 saturated carbocycles. The fraction of sp³-hybridized carbons (Fsp3) is 0.920. The van der Waals surface area contributed by atoms with E-state index in [0.29, 0.717) is 10.8 Å². The topological polar surface area (TPSA) is 0 Å². The lowest BCUT2D eigenvalue weighted by molar-refractivity contribution is -0.111. The molecule has 0 amide bonds. The zero-order valence-electron chi connectivity index (χ0n) is 17.3. The second-order valence-corrected chi connectivity index (χ2v) is 11.1. The summed E-state index contributed by atoms with van der Waals surface area (Å²) in [5.41, 5.74) is 2.77. The maximum Gasteiger partial charge on any atom is -0.0266 e. The molecular formula is C25H42. The van der Waals surface area contributed by atoms with Gasteiger partial charge in [-0.25, -0.2) is 0 Å². The molecule has 0 aromatic heterocycles. The summed E-state index contributed by atoms with van der Waals surface area (Å²) in [5, 5.41) is 0. The fourth-order valence-corrected chi connectivity index (χ4v) is 8.53. The van der Waals surface area contributed by atoms with E-state index in [4.69, 9.17) is 0 Å². The maximum atomic E-state index is 4.12. The van der Waals surface area contributed by atoms with Crippen molar-refractivity contribution in [2.24, 2.45) is 40.4 Å². The van der Waals surface area contributed by atoms with Gasteiger partial charge in [-0.2, -0.15) is 0 Å². The summed E-state index contributed by atoms with van der Waals surface area (Å²) in [6, 6.07) is 0. The molecule has 142 valence electrons. The first-order valence-electron chi connectivity index (χ1n) is 11.6. The quantitative estimate of drug-likeness (QED) is 0.457. The molecule has 0 nitrogen and oxygen atoms in total. The first kappa shape index (κ1) is 18.1. The van der Waals surface area contributed by atoms with Crippen molar-refractivity contribution in [3.05, 3.63) is 12.2 Å². The molecule has 0 radical (unpaired) electrons. The van der Waals surface area contributed by atoms with Crippen molar-refractivity contribution in [2.45, 2.75) is 104 Å². The van der Waals surface area contributed by atoms with Gasteiger partial charge in [-0.1, -0.05) is 32.3 Å². The minimum absolute atomic E-state index is 0.675. The molecule has 0 aromatic carbocycles. The van der Waals surface area contributed by atoms with Crippen LogP contribution in [0.4, 0.5) is 0 Å². The smallest absolute Gasteiger partial charge is 0.0266 e. The standard InChI is InChI=1S/C25H42/c1-18(2)8-7-10-20-12-14-22-21-13-11-19-9-5-6-16-24(19,3)23(21)15-17-25(20,22)4/h19-23H,1,5-17H2,2-4H3. The van der Waals surface area contributed by atoms with Crippen LogP contribution in [0.5, 0.6) is 0 Å². The Bertz CT molecular complexity index is 504. The molecule has 25 heavy (non-hydrogen) atoms. The first-order chi connectivity index (χ1) is 11.9. The van der Waals surface area contributed by atoms with Crippen molar-refractivity contribution in [1.82, 2.24) is 0 Å². The van der Waals surface area contributed by atoms with Gasteiger partial charge in [0.1, 0.15) is 0 Å². The van der Waals surface area contributed by atoms with Crippen LogP contribution < -0.4 is 0 Å². The van der Waals surface area contributed by atoms with E-state index in [1.54, 1.807) is 44.9 Å². The normalized spacial score (nSPS) is 49.2. The van der Waals surface area contributed by atoms with Crippen molar-refractivity contribution in [1.29, 1.82) is 0 Å². The molecule has 0 spiro atoms. The Hall–Kier alpha value is -0.260. The average molecular weight is 343 g/mol. The van der Waals surface area contributed by atoms with Crippen LogP contribution in [0.25, 0.3) is 0 Å². The molecule has 0 bridgehead atoms. The lowest BCUT2D eigenvalue weighted by Gasteiger charge is -2.60. The van der Waals surface area contributed by atoms with E-state index >= 15 is 0 Å². The summed E-state index contributed by atoms with van der Waals surface area (Å²) >= 11 is 0. The summed E-state index contributed by atoms with van der Waals surface area (Å²) in [7, 11) is 0. The van der Waals surface area contributed by atoms with Crippen LogP contribution >= 0.6 is 0 Å². The minimum atomic E-state index is 0.675. The van der Waals surface area contributed by atoms with Crippen LogP contribution in [0.1, 0.15) is 104 Å². The Labute approximate surface area is 157 Å². The lowest BCUT2D eigenvalue weighted by Crippen LogP contribution is -2.52. The van der Waals surface area contributed by atoms with Crippen molar-refractivity contribution < 1.29 is 0 Å². The third-order valence-electron chi connectivity index (χ3n) is 9.94. The second kappa shape index (κ2) is 6.72. The minimum Gasteiger partial charge on any atom is -0.100 e. The molecule has 0 heterocycles. The van der Waals surface area contributed by atoms with Gasteiger partial charge in [-0.3, -0.25) is 0 Å². The van der Waals surface area contributed by atoms with Crippen LogP contribution in [0, 0.1) is 40.4 Å². The predicted molar refractivity (Wildman–Crippen MR) is 108 cm³/mol. The number of rotatable bonds is 4. The molecule has 4 rings (SSSR count). The van der Waals surface area contributed by atoms with Crippen molar-refractivity contribution in [3.8, 4) is 0 Å². The summed E-state index contributed by atoms with van der Waals surface area (Å²) in [6.45, 7) is 11.7. The van der Waals surface area contributed by atoms with E-state index < -0.39 is 0 Å². The molecule has 0 aromatic rings. The number of fused-ring (bicyclic) bond motifs is 5. The van der Waals surface area contributed by atoms with Crippen LogP contribution in [0.15, 0.2) is 12.2 Å². The molecule has 0 N–H and O–H groups in total. The van der Waals surface area contributed by atoms with Gasteiger partial charge in [0, 0.05) is 0 Å². The third-order valence-corrected chi connectivity index (χ3v) is 9.94. The van der Waals surface area contributed by atoms with Crippen molar-refractivity contribution in [3.63, 3.8) is 0 Å². The van der Waals surface area contributed by atoms with E-state index in [1.165, 1.54) is 44.1 Å². The number of allylic oxidation sites excluding steroid dienone is 1. The van der Waals surface area contributed by atoms with E-state index in [2.05, 4.69) is 27.4 Å². The second-order valence-electron chi connectivity index (χ2n) is 11.1. The fourth-order valence-electron chi connectivity index (χ4n) is 8.53. The van der Waals surface area contributed by atoms with Crippen LogP contribution in [0.2, 0.25) is 0 Å². The highest BCUT2D eigenvalue weighted by molar-refractivity contribution is 5.08. The van der Waals surface area contributed by atoms with Crippen LogP contribution in [0.3, 0.4) is 0 Å². The van der Waals surface area contributed by atoms with E-state index in [0.717, 1.165) is 29.6 Å². The van der Waals surface area contributed by atoms with Crippen molar-refractivity contribution >= 4 is 0 Å². The van der Waals surface area contributed by atoms with Gasteiger partial charge in [0.25, 0.3) is 0 Å². The zero-order valence-corrected chi connectivity index (χ0v) is 17.3. The van der Waals surface area contributed by atoms with Gasteiger partial charge in [0.15, 0.2) is 0 Å². The van der Waals surface area contributed by atoms with Crippen LogP contribution in [-0.4, -0.2) is 0 Å². The molecule has 7 unspecified atom stereocenters. The van der Waals surface area contributed by atoms with Gasteiger partial charge < -0.3 is 0 Å². The van der Waals surface area contributed by atoms with Crippen LogP contribution in [-0.2, 0) is 0 Å². The third kappa shape index (κ3) is 2.94. The Kier molecular flexibility index (Phi) is 4.87. The summed E-state index contributed by atoms with van der Waals surface area (Å²) in [4.78, 5) is 0. The van der Waals surface area contributed by atoms with Crippen molar-refractivity contribution in [2.75, 3.05) is 0 Å². The Balaban J connectivity index is 1.48. The van der Waals surface area contributed by atoms with E-state index in [9.17, 15) is 0 Å².